The van der Waals surface area contributed by atoms with Crippen molar-refractivity contribution in [2.24, 2.45) is 5.92 Å². The van der Waals surface area contributed by atoms with Crippen LogP contribution in [0.2, 0.25) is 0 Å². The van der Waals surface area contributed by atoms with E-state index >= 15 is 0 Å². The largest absolute Gasteiger partial charge is 0.375 e. The second-order valence-electron chi connectivity index (χ2n) is 7.87. The molecule has 4 nitrogen and oxygen atoms in total. The summed E-state index contributed by atoms with van der Waals surface area (Å²) in [6.45, 7) is 2.45. The van der Waals surface area contributed by atoms with E-state index in [1.807, 2.05) is 30.3 Å². The highest BCUT2D eigenvalue weighted by Crippen LogP contribution is 2.42. The minimum absolute atomic E-state index is 0.0301. The molecule has 4 rings (SSSR count). The number of carbonyl (C=O) groups is 1. The van der Waals surface area contributed by atoms with Gasteiger partial charge in [-0.3, -0.25) is 4.79 Å². The molecule has 1 saturated carbocycles. The van der Waals surface area contributed by atoms with E-state index in [2.05, 4.69) is 4.90 Å². The van der Waals surface area contributed by atoms with E-state index in [9.17, 15) is 14.3 Å². The van der Waals surface area contributed by atoms with Gasteiger partial charge in [0.25, 0.3) is 5.91 Å². The Kier molecular flexibility index (Phi) is 5.36. The standard InChI is InChI=1S/C23H27FN2O2/c24-20-10-12-21(13-11-20)25-14-16-26(17-15-25)22(27)23(28,19-8-4-5-9-19)18-6-2-1-3-7-18/h1-3,6-7,10-13,19,28H,4-5,8-9,14-17H2/t23-/m0/s1. The summed E-state index contributed by atoms with van der Waals surface area (Å²) in [6, 6.07) is 15.9. The van der Waals surface area contributed by atoms with Gasteiger partial charge in [-0.05, 0) is 42.7 Å². The third-order valence-electron chi connectivity index (χ3n) is 6.24. The Labute approximate surface area is 165 Å². The zero-order chi connectivity index (χ0) is 19.6. The van der Waals surface area contributed by atoms with Crippen LogP contribution in [0.4, 0.5) is 10.1 Å². The molecule has 148 valence electrons. The van der Waals surface area contributed by atoms with Crippen LogP contribution in [-0.2, 0) is 10.4 Å². The second-order valence-corrected chi connectivity index (χ2v) is 7.87. The third kappa shape index (κ3) is 3.51. The van der Waals surface area contributed by atoms with Gasteiger partial charge in [-0.2, -0.15) is 0 Å². The highest BCUT2D eigenvalue weighted by atomic mass is 19.1. The van der Waals surface area contributed by atoms with Gasteiger partial charge in [0.15, 0.2) is 5.60 Å². The summed E-state index contributed by atoms with van der Waals surface area (Å²) in [6.07, 6.45) is 3.89. The van der Waals surface area contributed by atoms with E-state index in [0.717, 1.165) is 31.4 Å². The lowest BCUT2D eigenvalue weighted by Gasteiger charge is -2.42. The van der Waals surface area contributed by atoms with Crippen LogP contribution in [0, 0.1) is 11.7 Å². The summed E-state index contributed by atoms with van der Waals surface area (Å²) in [5, 5.41) is 11.7. The Morgan fingerprint density at radius 2 is 1.54 bits per heavy atom. The molecule has 1 heterocycles. The molecule has 0 bridgehead atoms. The molecule has 5 heteroatoms. The summed E-state index contributed by atoms with van der Waals surface area (Å²) in [4.78, 5) is 17.5. The normalized spacial score (nSPS) is 20.2. The van der Waals surface area contributed by atoms with Crippen molar-refractivity contribution in [3.05, 3.63) is 66.0 Å². The minimum Gasteiger partial charge on any atom is -0.375 e. The number of carbonyl (C=O) groups excluding carboxylic acids is 1. The molecule has 1 atom stereocenters. The number of hydrogen-bond donors (Lipinski definition) is 1. The Morgan fingerprint density at radius 1 is 0.929 bits per heavy atom. The fourth-order valence-corrected chi connectivity index (χ4v) is 4.63. The quantitative estimate of drug-likeness (QED) is 0.880. The highest BCUT2D eigenvalue weighted by molar-refractivity contribution is 5.87. The number of anilines is 1. The molecule has 0 aromatic heterocycles. The zero-order valence-electron chi connectivity index (χ0n) is 16.1. The number of halogens is 1. The molecule has 2 aliphatic rings. The van der Waals surface area contributed by atoms with Gasteiger partial charge in [-0.1, -0.05) is 43.2 Å². The van der Waals surface area contributed by atoms with Crippen molar-refractivity contribution >= 4 is 11.6 Å². The zero-order valence-corrected chi connectivity index (χ0v) is 16.1. The first-order chi connectivity index (χ1) is 13.6. The van der Waals surface area contributed by atoms with Crippen LogP contribution in [0.1, 0.15) is 31.2 Å². The summed E-state index contributed by atoms with van der Waals surface area (Å²) in [5.74, 6) is -0.455. The van der Waals surface area contributed by atoms with Gasteiger partial charge in [-0.15, -0.1) is 0 Å². The van der Waals surface area contributed by atoms with Crippen molar-refractivity contribution in [3.8, 4) is 0 Å². The highest BCUT2D eigenvalue weighted by Gasteiger charge is 2.48. The molecule has 2 fully saturated rings. The Morgan fingerprint density at radius 3 is 2.14 bits per heavy atom. The van der Waals surface area contributed by atoms with Gasteiger partial charge in [0.05, 0.1) is 0 Å². The van der Waals surface area contributed by atoms with Gasteiger partial charge in [0.1, 0.15) is 5.82 Å². The lowest BCUT2D eigenvalue weighted by Crippen LogP contribution is -2.56. The minimum atomic E-state index is -1.45. The maximum absolute atomic E-state index is 13.5. The number of hydrogen-bond acceptors (Lipinski definition) is 3. The molecule has 1 amide bonds. The number of nitrogens with zero attached hydrogens (tertiary/aromatic N) is 2. The van der Waals surface area contributed by atoms with E-state index in [4.69, 9.17) is 0 Å². The Bertz CT molecular complexity index is 797. The van der Waals surface area contributed by atoms with Crippen LogP contribution < -0.4 is 4.90 Å². The first-order valence-electron chi connectivity index (χ1n) is 10.2. The smallest absolute Gasteiger partial charge is 0.259 e. The average Bonchev–Trinajstić information content (AvgIpc) is 3.29. The van der Waals surface area contributed by atoms with Crippen LogP contribution >= 0.6 is 0 Å². The lowest BCUT2D eigenvalue weighted by molar-refractivity contribution is -0.159. The van der Waals surface area contributed by atoms with E-state index in [1.54, 1.807) is 17.0 Å². The van der Waals surface area contributed by atoms with Gasteiger partial charge in [0, 0.05) is 37.8 Å². The maximum Gasteiger partial charge on any atom is 0.259 e. The van der Waals surface area contributed by atoms with Crippen LogP contribution in [0.5, 0.6) is 0 Å². The number of piperazine rings is 1. The van der Waals surface area contributed by atoms with Crippen molar-refractivity contribution in [3.63, 3.8) is 0 Å². The Hall–Kier alpha value is -2.40. The number of benzene rings is 2. The van der Waals surface area contributed by atoms with E-state index in [0.29, 0.717) is 31.7 Å². The molecule has 0 spiro atoms. The lowest BCUT2D eigenvalue weighted by atomic mass is 9.79. The molecule has 1 saturated heterocycles. The SMILES string of the molecule is O=C(N1CCN(c2ccc(F)cc2)CC1)[C@](O)(c1ccccc1)C1CCCC1. The molecule has 0 radical (unpaired) electrons. The summed E-state index contributed by atoms with van der Waals surface area (Å²) in [7, 11) is 0. The molecular weight excluding hydrogens is 355 g/mol. The second kappa shape index (κ2) is 7.92. The van der Waals surface area contributed by atoms with Crippen LogP contribution in [-0.4, -0.2) is 42.1 Å². The average molecular weight is 382 g/mol. The number of aliphatic hydroxyl groups is 1. The van der Waals surface area contributed by atoms with E-state index < -0.39 is 5.60 Å². The van der Waals surface area contributed by atoms with Crippen molar-refractivity contribution in [1.82, 2.24) is 4.90 Å². The monoisotopic (exact) mass is 382 g/mol. The molecule has 1 aliphatic carbocycles. The number of rotatable bonds is 4. The fourth-order valence-electron chi connectivity index (χ4n) is 4.63. The van der Waals surface area contributed by atoms with Gasteiger partial charge >= 0.3 is 0 Å². The molecule has 1 aliphatic heterocycles. The topological polar surface area (TPSA) is 43.8 Å². The summed E-state index contributed by atoms with van der Waals surface area (Å²) in [5.41, 5.74) is 0.214. The fraction of sp³-hybridized carbons (Fsp3) is 0.435. The van der Waals surface area contributed by atoms with Crippen molar-refractivity contribution in [2.45, 2.75) is 31.3 Å². The molecule has 28 heavy (non-hydrogen) atoms. The first kappa shape index (κ1) is 18.9. The van der Waals surface area contributed by atoms with E-state index in [-0.39, 0.29) is 17.6 Å². The van der Waals surface area contributed by atoms with Gasteiger partial charge < -0.3 is 14.9 Å². The van der Waals surface area contributed by atoms with Crippen LogP contribution in [0.3, 0.4) is 0 Å². The van der Waals surface area contributed by atoms with Crippen LogP contribution in [0.25, 0.3) is 0 Å². The van der Waals surface area contributed by atoms with Crippen molar-refractivity contribution < 1.29 is 14.3 Å². The summed E-state index contributed by atoms with van der Waals surface area (Å²) < 4.78 is 13.2. The molecular formula is C23H27FN2O2. The first-order valence-corrected chi connectivity index (χ1v) is 10.2. The third-order valence-corrected chi connectivity index (χ3v) is 6.24. The van der Waals surface area contributed by atoms with E-state index in [1.165, 1.54) is 12.1 Å². The van der Waals surface area contributed by atoms with Gasteiger partial charge in [-0.25, -0.2) is 4.39 Å². The molecule has 1 N–H and O–H groups in total. The Balaban J connectivity index is 1.51. The molecule has 2 aromatic carbocycles. The van der Waals surface area contributed by atoms with Gasteiger partial charge in [0.2, 0.25) is 0 Å². The predicted molar refractivity (Wildman–Crippen MR) is 107 cm³/mol. The van der Waals surface area contributed by atoms with Crippen molar-refractivity contribution in [1.29, 1.82) is 0 Å². The predicted octanol–water partition coefficient (Wildman–Crippen LogP) is 3.55. The summed E-state index contributed by atoms with van der Waals surface area (Å²) >= 11 is 0. The molecule has 2 aromatic rings. The van der Waals surface area contributed by atoms with Crippen molar-refractivity contribution in [2.75, 3.05) is 31.1 Å². The number of amides is 1. The molecule has 0 unspecified atom stereocenters. The van der Waals surface area contributed by atoms with Crippen LogP contribution in [0.15, 0.2) is 54.6 Å². The maximum atomic E-state index is 13.5.